The molecule has 0 aromatic heterocycles. The summed E-state index contributed by atoms with van der Waals surface area (Å²) in [6.45, 7) is 0.365. The minimum absolute atomic E-state index is 0.0275. The van der Waals surface area contributed by atoms with Gasteiger partial charge in [-0.15, -0.1) is 0 Å². The number of amidine groups is 1. The van der Waals surface area contributed by atoms with Crippen molar-refractivity contribution in [2.75, 3.05) is 5.32 Å². The second-order valence-electron chi connectivity index (χ2n) is 4.43. The molecule has 6 heteroatoms. The van der Waals surface area contributed by atoms with Crippen LogP contribution in [-0.4, -0.2) is 16.9 Å². The number of carboxylic acids is 1. The molecule has 0 unspecified atom stereocenters. The maximum absolute atomic E-state index is 13.6. The predicted octanol–water partition coefficient (Wildman–Crippen LogP) is 2.42. The number of hydrogen-bond donors (Lipinski definition) is 4. The minimum Gasteiger partial charge on any atom is -0.478 e. The van der Waals surface area contributed by atoms with E-state index in [4.69, 9.17) is 16.2 Å². The zero-order valence-corrected chi connectivity index (χ0v) is 11.1. The van der Waals surface area contributed by atoms with Gasteiger partial charge < -0.3 is 16.2 Å². The fourth-order valence-electron chi connectivity index (χ4n) is 1.91. The molecule has 21 heavy (non-hydrogen) atoms. The Balaban J connectivity index is 2.15. The Labute approximate surface area is 120 Å². The molecule has 0 amide bonds. The van der Waals surface area contributed by atoms with Crippen molar-refractivity contribution < 1.29 is 14.3 Å². The number of halogens is 1. The SMILES string of the molecule is N=C(N)c1c(F)cccc1NCc1ccc(C(=O)O)cc1. The van der Waals surface area contributed by atoms with Crippen molar-refractivity contribution in [2.45, 2.75) is 6.54 Å². The van der Waals surface area contributed by atoms with E-state index in [1.807, 2.05) is 0 Å². The molecule has 108 valence electrons. The van der Waals surface area contributed by atoms with Crippen molar-refractivity contribution in [1.29, 1.82) is 5.41 Å². The van der Waals surface area contributed by atoms with Crippen molar-refractivity contribution in [3.8, 4) is 0 Å². The van der Waals surface area contributed by atoms with Gasteiger partial charge in [-0.05, 0) is 29.8 Å². The summed E-state index contributed by atoms with van der Waals surface area (Å²) in [5, 5.41) is 19.2. The molecule has 0 atom stereocenters. The molecule has 5 nitrogen and oxygen atoms in total. The second-order valence-corrected chi connectivity index (χ2v) is 4.43. The van der Waals surface area contributed by atoms with Gasteiger partial charge in [0.2, 0.25) is 0 Å². The van der Waals surface area contributed by atoms with E-state index in [0.29, 0.717) is 12.2 Å². The molecule has 5 N–H and O–H groups in total. The van der Waals surface area contributed by atoms with Gasteiger partial charge in [0.1, 0.15) is 11.7 Å². The first-order valence-corrected chi connectivity index (χ1v) is 6.18. The number of carbonyl (C=O) groups is 1. The van der Waals surface area contributed by atoms with E-state index in [1.165, 1.54) is 24.3 Å². The number of benzene rings is 2. The van der Waals surface area contributed by atoms with E-state index < -0.39 is 11.8 Å². The standard InChI is InChI=1S/C15H14FN3O2/c16-11-2-1-3-12(13(11)14(17)18)19-8-9-4-6-10(7-5-9)15(20)21/h1-7,19H,8H2,(H3,17,18)(H,20,21). The summed E-state index contributed by atoms with van der Waals surface area (Å²) >= 11 is 0. The van der Waals surface area contributed by atoms with Gasteiger partial charge in [-0.2, -0.15) is 0 Å². The molecule has 0 radical (unpaired) electrons. The van der Waals surface area contributed by atoms with Crippen LogP contribution in [0.4, 0.5) is 10.1 Å². The Morgan fingerprint density at radius 1 is 1.24 bits per heavy atom. The van der Waals surface area contributed by atoms with Crippen LogP contribution < -0.4 is 11.1 Å². The van der Waals surface area contributed by atoms with Gasteiger partial charge in [0.25, 0.3) is 0 Å². The molecule has 2 rings (SSSR count). The van der Waals surface area contributed by atoms with Gasteiger partial charge in [0.05, 0.1) is 11.1 Å². The van der Waals surface area contributed by atoms with E-state index in [-0.39, 0.29) is 17.0 Å². The van der Waals surface area contributed by atoms with Crippen LogP contribution in [0.5, 0.6) is 0 Å². The molecule has 0 aliphatic rings. The average Bonchev–Trinajstić information content (AvgIpc) is 2.45. The number of nitrogens with one attached hydrogen (secondary N) is 2. The van der Waals surface area contributed by atoms with Crippen LogP contribution in [0.2, 0.25) is 0 Å². The van der Waals surface area contributed by atoms with Crippen LogP contribution in [0.3, 0.4) is 0 Å². The molecule has 0 saturated heterocycles. The molecule has 0 heterocycles. The Kier molecular flexibility index (Phi) is 4.18. The summed E-state index contributed by atoms with van der Waals surface area (Å²) in [5.41, 5.74) is 6.86. The third-order valence-corrected chi connectivity index (χ3v) is 2.97. The zero-order chi connectivity index (χ0) is 15.4. The molecule has 0 fully saturated rings. The average molecular weight is 287 g/mol. The van der Waals surface area contributed by atoms with Crippen molar-refractivity contribution >= 4 is 17.5 Å². The first-order chi connectivity index (χ1) is 9.99. The van der Waals surface area contributed by atoms with Crippen LogP contribution in [0.15, 0.2) is 42.5 Å². The number of carboxylic acid groups (broad SMARTS) is 1. The fraction of sp³-hybridized carbons (Fsp3) is 0.0667. The van der Waals surface area contributed by atoms with E-state index >= 15 is 0 Å². The number of aromatic carboxylic acids is 1. The number of rotatable bonds is 5. The first-order valence-electron chi connectivity index (χ1n) is 6.18. The lowest BCUT2D eigenvalue weighted by Crippen LogP contribution is -2.16. The Morgan fingerprint density at radius 3 is 2.48 bits per heavy atom. The molecule has 0 bridgehead atoms. The predicted molar refractivity (Wildman–Crippen MR) is 78.1 cm³/mol. The summed E-state index contributed by atoms with van der Waals surface area (Å²) in [4.78, 5) is 10.8. The van der Waals surface area contributed by atoms with Crippen LogP contribution in [0.25, 0.3) is 0 Å². The lowest BCUT2D eigenvalue weighted by molar-refractivity contribution is 0.0697. The van der Waals surface area contributed by atoms with Crippen LogP contribution in [0, 0.1) is 11.2 Å². The van der Waals surface area contributed by atoms with Crippen LogP contribution in [0.1, 0.15) is 21.5 Å². The first kappa shape index (κ1) is 14.5. The highest BCUT2D eigenvalue weighted by Gasteiger charge is 2.11. The van der Waals surface area contributed by atoms with E-state index in [1.54, 1.807) is 18.2 Å². The summed E-state index contributed by atoms with van der Waals surface area (Å²) in [7, 11) is 0. The Morgan fingerprint density at radius 2 is 1.90 bits per heavy atom. The van der Waals surface area contributed by atoms with E-state index in [2.05, 4.69) is 5.32 Å². The summed E-state index contributed by atoms with van der Waals surface area (Å²) in [6.07, 6.45) is 0. The lowest BCUT2D eigenvalue weighted by atomic mass is 10.1. The third kappa shape index (κ3) is 3.36. The van der Waals surface area contributed by atoms with E-state index in [9.17, 15) is 9.18 Å². The highest BCUT2D eigenvalue weighted by atomic mass is 19.1. The number of hydrogen-bond acceptors (Lipinski definition) is 3. The molecule has 2 aromatic carbocycles. The Bertz CT molecular complexity index is 684. The van der Waals surface area contributed by atoms with Crippen molar-refractivity contribution in [1.82, 2.24) is 0 Å². The number of anilines is 1. The molecule has 2 aromatic rings. The fourth-order valence-corrected chi connectivity index (χ4v) is 1.91. The smallest absolute Gasteiger partial charge is 0.335 e. The third-order valence-electron chi connectivity index (χ3n) is 2.97. The highest BCUT2D eigenvalue weighted by molar-refractivity contribution is 6.00. The number of nitrogens with two attached hydrogens (primary N) is 1. The topological polar surface area (TPSA) is 99.2 Å². The highest BCUT2D eigenvalue weighted by Crippen LogP contribution is 2.19. The van der Waals surface area contributed by atoms with E-state index in [0.717, 1.165) is 5.56 Å². The largest absolute Gasteiger partial charge is 0.478 e. The van der Waals surface area contributed by atoms with Gasteiger partial charge in [-0.25, -0.2) is 9.18 Å². The van der Waals surface area contributed by atoms with Crippen LogP contribution in [-0.2, 0) is 6.54 Å². The molecule has 0 spiro atoms. The maximum atomic E-state index is 13.6. The van der Waals surface area contributed by atoms with Crippen LogP contribution >= 0.6 is 0 Å². The normalized spacial score (nSPS) is 10.1. The minimum atomic E-state index is -0.987. The molecule has 0 saturated carbocycles. The maximum Gasteiger partial charge on any atom is 0.335 e. The molecular weight excluding hydrogens is 273 g/mol. The summed E-state index contributed by atoms with van der Waals surface area (Å²) in [6, 6.07) is 10.7. The van der Waals surface area contributed by atoms with Crippen molar-refractivity contribution in [3.05, 3.63) is 65.0 Å². The quantitative estimate of drug-likeness (QED) is 0.501. The van der Waals surface area contributed by atoms with Gasteiger partial charge in [0.15, 0.2) is 0 Å². The second kappa shape index (κ2) is 6.04. The van der Waals surface area contributed by atoms with Gasteiger partial charge in [-0.3, -0.25) is 5.41 Å². The molecule has 0 aliphatic heterocycles. The summed E-state index contributed by atoms with van der Waals surface area (Å²) in [5.74, 6) is -1.90. The molecule has 0 aliphatic carbocycles. The monoisotopic (exact) mass is 287 g/mol. The summed E-state index contributed by atoms with van der Waals surface area (Å²) < 4.78 is 13.6. The Hall–Kier alpha value is -2.89. The van der Waals surface area contributed by atoms with Gasteiger partial charge in [0, 0.05) is 12.2 Å². The molecular formula is C15H14FN3O2. The lowest BCUT2D eigenvalue weighted by Gasteiger charge is -2.12. The van der Waals surface area contributed by atoms with Crippen molar-refractivity contribution in [2.24, 2.45) is 5.73 Å². The van der Waals surface area contributed by atoms with Crippen molar-refractivity contribution in [3.63, 3.8) is 0 Å². The van der Waals surface area contributed by atoms with Gasteiger partial charge >= 0.3 is 5.97 Å². The number of nitrogen functional groups attached to an aromatic ring is 1. The van der Waals surface area contributed by atoms with Gasteiger partial charge in [-0.1, -0.05) is 18.2 Å². The zero-order valence-electron chi connectivity index (χ0n) is 11.1.